The molecule has 20 heavy (non-hydrogen) atoms. The van der Waals surface area contributed by atoms with Crippen molar-refractivity contribution in [3.8, 4) is 11.5 Å². The Balaban J connectivity index is 2.28. The molecule has 0 aliphatic rings. The summed E-state index contributed by atoms with van der Waals surface area (Å²) in [6, 6.07) is 10.1. The molecule has 0 amide bonds. The normalized spacial score (nSPS) is 11.2. The Bertz CT molecular complexity index is 764. The molecule has 0 fully saturated rings. The number of nitrogens with zero attached hydrogens (tertiary/aromatic N) is 3. The van der Waals surface area contributed by atoms with Crippen LogP contribution >= 0.6 is 15.9 Å². The van der Waals surface area contributed by atoms with Crippen LogP contribution in [-0.2, 0) is 13.1 Å². The summed E-state index contributed by atoms with van der Waals surface area (Å²) in [7, 11) is 0. The summed E-state index contributed by atoms with van der Waals surface area (Å²) in [5, 5.41) is 0. The third kappa shape index (κ3) is 2.13. The average molecular weight is 331 g/mol. The SMILES string of the molecule is CCn1c(-c2ncccc2Br)nc2cc(CN)ccc21. The molecular weight excluding hydrogens is 316 g/mol. The highest BCUT2D eigenvalue weighted by atomic mass is 79.9. The van der Waals surface area contributed by atoms with Crippen LogP contribution in [0.1, 0.15) is 12.5 Å². The summed E-state index contributed by atoms with van der Waals surface area (Å²) >= 11 is 3.55. The van der Waals surface area contributed by atoms with Crippen LogP contribution in [0.4, 0.5) is 0 Å². The number of aryl methyl sites for hydroxylation is 1. The molecule has 0 aliphatic heterocycles. The van der Waals surface area contributed by atoms with Crippen LogP contribution in [0.3, 0.4) is 0 Å². The molecule has 3 aromatic rings. The fourth-order valence-corrected chi connectivity index (χ4v) is 2.79. The van der Waals surface area contributed by atoms with E-state index in [9.17, 15) is 0 Å². The number of aromatic nitrogens is 3. The Kier molecular flexibility index (Phi) is 3.54. The number of imidazole rings is 1. The van der Waals surface area contributed by atoms with Gasteiger partial charge in [0.25, 0.3) is 0 Å². The highest BCUT2D eigenvalue weighted by Gasteiger charge is 2.14. The summed E-state index contributed by atoms with van der Waals surface area (Å²) in [4.78, 5) is 9.18. The predicted molar refractivity (Wildman–Crippen MR) is 84.2 cm³/mol. The van der Waals surface area contributed by atoms with Crippen LogP contribution in [0.15, 0.2) is 41.0 Å². The summed E-state index contributed by atoms with van der Waals surface area (Å²) in [5.74, 6) is 0.879. The number of halogens is 1. The molecule has 0 saturated carbocycles. The van der Waals surface area contributed by atoms with Crippen LogP contribution in [-0.4, -0.2) is 14.5 Å². The summed E-state index contributed by atoms with van der Waals surface area (Å²) in [5.41, 5.74) is 9.72. The Labute approximate surface area is 125 Å². The maximum Gasteiger partial charge on any atom is 0.160 e. The molecule has 3 rings (SSSR count). The number of hydrogen-bond donors (Lipinski definition) is 1. The van der Waals surface area contributed by atoms with Crippen LogP contribution in [0.25, 0.3) is 22.6 Å². The molecule has 0 bridgehead atoms. The highest BCUT2D eigenvalue weighted by molar-refractivity contribution is 9.10. The van der Waals surface area contributed by atoms with Crippen molar-refractivity contribution in [3.63, 3.8) is 0 Å². The molecule has 0 spiro atoms. The largest absolute Gasteiger partial charge is 0.326 e. The minimum Gasteiger partial charge on any atom is -0.326 e. The third-order valence-electron chi connectivity index (χ3n) is 3.33. The van der Waals surface area contributed by atoms with Crippen molar-refractivity contribution in [2.75, 3.05) is 0 Å². The fraction of sp³-hybridized carbons (Fsp3) is 0.200. The molecule has 102 valence electrons. The van der Waals surface area contributed by atoms with Crippen molar-refractivity contribution in [2.24, 2.45) is 5.73 Å². The monoisotopic (exact) mass is 330 g/mol. The van der Waals surface area contributed by atoms with Gasteiger partial charge in [0.2, 0.25) is 0 Å². The average Bonchev–Trinajstić information content (AvgIpc) is 2.84. The van der Waals surface area contributed by atoms with Crippen molar-refractivity contribution in [1.82, 2.24) is 14.5 Å². The van der Waals surface area contributed by atoms with E-state index in [4.69, 9.17) is 10.7 Å². The molecule has 0 unspecified atom stereocenters. The lowest BCUT2D eigenvalue weighted by Crippen LogP contribution is -1.99. The van der Waals surface area contributed by atoms with E-state index in [2.05, 4.69) is 38.5 Å². The molecule has 0 atom stereocenters. The number of benzene rings is 1. The molecule has 2 aromatic heterocycles. The maximum atomic E-state index is 5.70. The van der Waals surface area contributed by atoms with E-state index in [-0.39, 0.29) is 0 Å². The molecule has 0 radical (unpaired) electrons. The van der Waals surface area contributed by atoms with Gasteiger partial charge in [-0.15, -0.1) is 0 Å². The predicted octanol–water partition coefficient (Wildman–Crippen LogP) is 3.34. The Morgan fingerprint density at radius 3 is 2.85 bits per heavy atom. The van der Waals surface area contributed by atoms with Gasteiger partial charge >= 0.3 is 0 Å². The Hall–Kier alpha value is -1.72. The molecule has 2 N–H and O–H groups in total. The smallest absolute Gasteiger partial charge is 0.160 e. The number of nitrogens with two attached hydrogens (primary N) is 1. The van der Waals surface area contributed by atoms with Crippen LogP contribution in [0.5, 0.6) is 0 Å². The van der Waals surface area contributed by atoms with Crippen molar-refractivity contribution in [2.45, 2.75) is 20.0 Å². The second-order valence-corrected chi connectivity index (χ2v) is 5.40. The lowest BCUT2D eigenvalue weighted by molar-refractivity contribution is 0.792. The third-order valence-corrected chi connectivity index (χ3v) is 3.97. The van der Waals surface area contributed by atoms with Crippen molar-refractivity contribution in [3.05, 3.63) is 46.6 Å². The van der Waals surface area contributed by atoms with E-state index in [0.717, 1.165) is 39.1 Å². The summed E-state index contributed by atoms with van der Waals surface area (Å²) < 4.78 is 3.12. The van der Waals surface area contributed by atoms with Gasteiger partial charge in [0, 0.05) is 23.8 Å². The zero-order chi connectivity index (χ0) is 14.1. The molecule has 1 aromatic carbocycles. The van der Waals surface area contributed by atoms with Gasteiger partial charge in [-0.05, 0) is 52.7 Å². The van der Waals surface area contributed by atoms with Gasteiger partial charge in [-0.25, -0.2) is 4.98 Å². The van der Waals surface area contributed by atoms with Gasteiger partial charge in [-0.3, -0.25) is 4.98 Å². The minimum absolute atomic E-state index is 0.525. The number of rotatable bonds is 3. The van der Waals surface area contributed by atoms with Gasteiger partial charge in [0.05, 0.1) is 11.0 Å². The molecule has 4 nitrogen and oxygen atoms in total. The van der Waals surface area contributed by atoms with E-state index in [1.165, 1.54) is 0 Å². The second kappa shape index (κ2) is 5.34. The number of pyridine rings is 1. The first-order chi connectivity index (χ1) is 9.74. The van der Waals surface area contributed by atoms with Gasteiger partial charge in [-0.1, -0.05) is 6.07 Å². The number of fused-ring (bicyclic) bond motifs is 1. The molecule has 5 heteroatoms. The zero-order valence-electron chi connectivity index (χ0n) is 11.2. The van der Waals surface area contributed by atoms with Crippen molar-refractivity contribution < 1.29 is 0 Å². The molecular formula is C15H15BrN4. The zero-order valence-corrected chi connectivity index (χ0v) is 12.8. The Morgan fingerprint density at radius 2 is 2.15 bits per heavy atom. The van der Waals surface area contributed by atoms with E-state index < -0.39 is 0 Å². The van der Waals surface area contributed by atoms with Crippen molar-refractivity contribution in [1.29, 1.82) is 0 Å². The van der Waals surface area contributed by atoms with Gasteiger partial charge < -0.3 is 10.3 Å². The van der Waals surface area contributed by atoms with E-state index in [1.54, 1.807) is 6.20 Å². The minimum atomic E-state index is 0.525. The Morgan fingerprint density at radius 1 is 1.30 bits per heavy atom. The van der Waals surface area contributed by atoms with Crippen LogP contribution in [0.2, 0.25) is 0 Å². The molecule has 2 heterocycles. The maximum absolute atomic E-state index is 5.70. The van der Waals surface area contributed by atoms with Crippen LogP contribution < -0.4 is 5.73 Å². The number of hydrogen-bond acceptors (Lipinski definition) is 3. The van der Waals surface area contributed by atoms with E-state index in [0.29, 0.717) is 6.54 Å². The first kappa shape index (κ1) is 13.3. The van der Waals surface area contributed by atoms with E-state index in [1.807, 2.05) is 24.3 Å². The molecule has 0 aliphatic carbocycles. The van der Waals surface area contributed by atoms with Gasteiger partial charge in [0.15, 0.2) is 5.82 Å². The lowest BCUT2D eigenvalue weighted by atomic mass is 10.2. The topological polar surface area (TPSA) is 56.7 Å². The first-order valence-corrected chi connectivity index (χ1v) is 7.34. The summed E-state index contributed by atoms with van der Waals surface area (Å²) in [6.07, 6.45) is 1.78. The fourth-order valence-electron chi connectivity index (χ4n) is 2.35. The summed E-state index contributed by atoms with van der Waals surface area (Å²) in [6.45, 7) is 3.48. The van der Waals surface area contributed by atoms with Crippen molar-refractivity contribution >= 4 is 27.0 Å². The highest BCUT2D eigenvalue weighted by Crippen LogP contribution is 2.28. The van der Waals surface area contributed by atoms with Gasteiger partial charge in [-0.2, -0.15) is 0 Å². The lowest BCUT2D eigenvalue weighted by Gasteiger charge is -2.06. The first-order valence-electron chi connectivity index (χ1n) is 6.54. The van der Waals surface area contributed by atoms with E-state index >= 15 is 0 Å². The van der Waals surface area contributed by atoms with Gasteiger partial charge in [0.1, 0.15) is 5.69 Å². The quantitative estimate of drug-likeness (QED) is 0.801. The molecule has 0 saturated heterocycles. The van der Waals surface area contributed by atoms with Crippen LogP contribution in [0, 0.1) is 0 Å². The second-order valence-electron chi connectivity index (χ2n) is 4.54. The standard InChI is InChI=1S/C15H15BrN4/c1-2-20-13-6-5-10(9-17)8-12(13)19-15(20)14-11(16)4-3-7-18-14/h3-8H,2,9,17H2,1H3.